The lowest BCUT2D eigenvalue weighted by molar-refractivity contribution is 0.0657. The maximum atomic E-state index is 10.9. The SMILES string of the molecule is C=C/C=C1\C(=C)OC2(C=C1c1ccc(C=O)cc1O)CCNC2. The summed E-state index contributed by atoms with van der Waals surface area (Å²) in [5.41, 5.74) is 2.27. The van der Waals surface area contributed by atoms with Crippen LogP contribution in [0.25, 0.3) is 5.57 Å². The third kappa shape index (κ3) is 2.73. The van der Waals surface area contributed by atoms with E-state index in [1.807, 2.05) is 12.2 Å². The number of allylic oxidation sites excluding steroid dienone is 3. The molecule has 1 atom stereocenters. The zero-order valence-corrected chi connectivity index (χ0v) is 12.8. The van der Waals surface area contributed by atoms with Gasteiger partial charge in [0.1, 0.15) is 23.4 Å². The minimum Gasteiger partial charge on any atom is -0.507 e. The van der Waals surface area contributed by atoms with Crippen molar-refractivity contribution < 1.29 is 14.6 Å². The van der Waals surface area contributed by atoms with Gasteiger partial charge in [0.15, 0.2) is 0 Å². The van der Waals surface area contributed by atoms with Crippen LogP contribution in [0.5, 0.6) is 5.75 Å². The summed E-state index contributed by atoms with van der Waals surface area (Å²) < 4.78 is 6.05. The summed E-state index contributed by atoms with van der Waals surface area (Å²) in [6.07, 6.45) is 7.07. The summed E-state index contributed by atoms with van der Waals surface area (Å²) in [7, 11) is 0. The quantitative estimate of drug-likeness (QED) is 0.843. The minimum absolute atomic E-state index is 0.0617. The van der Waals surface area contributed by atoms with Crippen molar-refractivity contribution in [1.29, 1.82) is 0 Å². The van der Waals surface area contributed by atoms with Crippen LogP contribution < -0.4 is 5.32 Å². The Hall–Kier alpha value is -2.59. The second-order valence-corrected chi connectivity index (χ2v) is 5.79. The Labute approximate surface area is 135 Å². The molecule has 4 heteroatoms. The van der Waals surface area contributed by atoms with Gasteiger partial charge in [-0.25, -0.2) is 0 Å². The molecule has 3 rings (SSSR count). The Morgan fingerprint density at radius 2 is 2.22 bits per heavy atom. The summed E-state index contributed by atoms with van der Waals surface area (Å²) in [5, 5.41) is 13.6. The number of carbonyl (C=O) groups excluding carboxylic acids is 1. The van der Waals surface area contributed by atoms with Gasteiger partial charge >= 0.3 is 0 Å². The van der Waals surface area contributed by atoms with Gasteiger partial charge in [-0.1, -0.05) is 31.4 Å². The molecule has 1 unspecified atom stereocenters. The minimum atomic E-state index is -0.444. The normalized spacial score (nSPS) is 25.3. The molecule has 1 spiro atoms. The Bertz CT molecular complexity index is 737. The van der Waals surface area contributed by atoms with Crippen molar-refractivity contribution in [1.82, 2.24) is 5.32 Å². The molecule has 2 aliphatic heterocycles. The molecular formula is C19H19NO3. The first-order chi connectivity index (χ1) is 11.1. The van der Waals surface area contributed by atoms with E-state index < -0.39 is 5.60 Å². The molecule has 118 valence electrons. The van der Waals surface area contributed by atoms with Crippen LogP contribution in [0.4, 0.5) is 0 Å². The zero-order valence-electron chi connectivity index (χ0n) is 12.8. The van der Waals surface area contributed by atoms with Crippen LogP contribution >= 0.6 is 0 Å². The van der Waals surface area contributed by atoms with Gasteiger partial charge in [-0.15, -0.1) is 0 Å². The number of aldehydes is 1. The molecule has 1 aromatic rings. The first-order valence-corrected chi connectivity index (χ1v) is 7.52. The average molecular weight is 309 g/mol. The highest BCUT2D eigenvalue weighted by atomic mass is 16.5. The number of rotatable bonds is 3. The Morgan fingerprint density at radius 3 is 2.83 bits per heavy atom. The zero-order chi connectivity index (χ0) is 16.4. The number of ether oxygens (including phenoxy) is 1. The topological polar surface area (TPSA) is 58.6 Å². The molecule has 2 aliphatic rings. The molecule has 0 amide bonds. The van der Waals surface area contributed by atoms with E-state index in [9.17, 15) is 9.90 Å². The van der Waals surface area contributed by atoms with E-state index in [1.165, 1.54) is 6.07 Å². The fourth-order valence-corrected chi connectivity index (χ4v) is 3.09. The van der Waals surface area contributed by atoms with Gasteiger partial charge in [0.05, 0.1) is 0 Å². The van der Waals surface area contributed by atoms with Crippen molar-refractivity contribution in [3.8, 4) is 5.75 Å². The average Bonchev–Trinajstić information content (AvgIpc) is 2.97. The Morgan fingerprint density at radius 1 is 1.39 bits per heavy atom. The second kappa shape index (κ2) is 5.89. The number of phenolic OH excluding ortho intramolecular Hbond substituents is 1. The third-order valence-electron chi connectivity index (χ3n) is 4.21. The fourth-order valence-electron chi connectivity index (χ4n) is 3.09. The molecule has 0 saturated carbocycles. The highest BCUT2D eigenvalue weighted by Gasteiger charge is 2.39. The van der Waals surface area contributed by atoms with Crippen LogP contribution in [0.15, 0.2) is 60.9 Å². The van der Waals surface area contributed by atoms with E-state index in [4.69, 9.17) is 4.74 Å². The number of nitrogens with one attached hydrogen (secondary N) is 1. The number of carbonyl (C=O) groups is 1. The van der Waals surface area contributed by atoms with Crippen LogP contribution in [0.1, 0.15) is 22.3 Å². The Balaban J connectivity index is 2.16. The largest absolute Gasteiger partial charge is 0.507 e. The molecule has 4 nitrogen and oxygen atoms in total. The van der Waals surface area contributed by atoms with E-state index in [1.54, 1.807) is 18.2 Å². The van der Waals surface area contributed by atoms with Crippen molar-refractivity contribution in [2.45, 2.75) is 12.0 Å². The summed E-state index contributed by atoms with van der Waals surface area (Å²) in [5.74, 6) is 0.622. The van der Waals surface area contributed by atoms with Crippen molar-refractivity contribution in [3.63, 3.8) is 0 Å². The molecule has 0 bridgehead atoms. The van der Waals surface area contributed by atoms with Gasteiger partial charge < -0.3 is 15.2 Å². The smallest absolute Gasteiger partial charge is 0.150 e. The lowest BCUT2D eigenvalue weighted by Gasteiger charge is -2.35. The molecule has 0 radical (unpaired) electrons. The monoisotopic (exact) mass is 309 g/mol. The molecule has 0 aliphatic carbocycles. The lowest BCUT2D eigenvalue weighted by atomic mass is 9.86. The van der Waals surface area contributed by atoms with Crippen molar-refractivity contribution in [2.24, 2.45) is 0 Å². The van der Waals surface area contributed by atoms with Gasteiger partial charge in [0.25, 0.3) is 0 Å². The van der Waals surface area contributed by atoms with E-state index in [0.717, 1.165) is 24.1 Å². The van der Waals surface area contributed by atoms with Crippen molar-refractivity contribution >= 4 is 11.9 Å². The van der Waals surface area contributed by atoms with E-state index in [0.29, 0.717) is 29.7 Å². The number of hydrogen-bond donors (Lipinski definition) is 2. The van der Waals surface area contributed by atoms with E-state index in [2.05, 4.69) is 18.5 Å². The predicted molar refractivity (Wildman–Crippen MR) is 90.2 cm³/mol. The number of hydrogen-bond acceptors (Lipinski definition) is 4. The number of phenols is 1. The summed E-state index contributed by atoms with van der Waals surface area (Å²) in [6, 6.07) is 4.90. The van der Waals surface area contributed by atoms with Crippen molar-refractivity contribution in [2.75, 3.05) is 13.1 Å². The van der Waals surface area contributed by atoms with Gasteiger partial charge in [-0.3, -0.25) is 4.79 Å². The molecule has 0 aromatic heterocycles. The van der Waals surface area contributed by atoms with Crippen LogP contribution in [-0.4, -0.2) is 30.1 Å². The number of aromatic hydroxyl groups is 1. The molecule has 1 fully saturated rings. The fraction of sp³-hybridized carbons (Fsp3) is 0.211. The summed E-state index contributed by atoms with van der Waals surface area (Å²) in [4.78, 5) is 10.9. The second-order valence-electron chi connectivity index (χ2n) is 5.79. The van der Waals surface area contributed by atoms with Crippen LogP contribution in [0.2, 0.25) is 0 Å². The van der Waals surface area contributed by atoms with Gasteiger partial charge in [-0.05, 0) is 30.3 Å². The lowest BCUT2D eigenvalue weighted by Crippen LogP contribution is -2.35. The van der Waals surface area contributed by atoms with Gasteiger partial charge in [0.2, 0.25) is 0 Å². The van der Waals surface area contributed by atoms with Crippen LogP contribution in [-0.2, 0) is 4.74 Å². The highest BCUT2D eigenvalue weighted by Crippen LogP contribution is 2.43. The maximum absolute atomic E-state index is 10.9. The van der Waals surface area contributed by atoms with E-state index >= 15 is 0 Å². The molecule has 1 saturated heterocycles. The summed E-state index contributed by atoms with van der Waals surface area (Å²) >= 11 is 0. The Kier molecular flexibility index (Phi) is 3.92. The van der Waals surface area contributed by atoms with Gasteiger partial charge in [0, 0.05) is 29.7 Å². The predicted octanol–water partition coefficient (Wildman–Crippen LogP) is 2.98. The van der Waals surface area contributed by atoms with Crippen molar-refractivity contribution in [3.05, 3.63) is 72.0 Å². The number of benzene rings is 1. The van der Waals surface area contributed by atoms with Crippen LogP contribution in [0, 0.1) is 0 Å². The highest BCUT2D eigenvalue weighted by molar-refractivity contribution is 5.89. The molecule has 1 aromatic carbocycles. The standard InChI is InChI=1S/C19H19NO3/c1-3-4-15-13(2)23-19(7-8-20-12-19)10-17(15)16-6-5-14(11-21)9-18(16)22/h3-6,9-11,20,22H,1-2,7-8,12H2/b15-4+. The molecule has 23 heavy (non-hydrogen) atoms. The maximum Gasteiger partial charge on any atom is 0.150 e. The first-order valence-electron chi connectivity index (χ1n) is 7.52. The third-order valence-corrected chi connectivity index (χ3v) is 4.21. The first kappa shape index (κ1) is 15.3. The van der Waals surface area contributed by atoms with Crippen LogP contribution in [0.3, 0.4) is 0 Å². The molecule has 2 heterocycles. The van der Waals surface area contributed by atoms with E-state index in [-0.39, 0.29) is 5.75 Å². The summed E-state index contributed by atoms with van der Waals surface area (Å²) in [6.45, 7) is 9.33. The molecular weight excluding hydrogens is 290 g/mol. The molecule has 2 N–H and O–H groups in total. The van der Waals surface area contributed by atoms with Gasteiger partial charge in [-0.2, -0.15) is 0 Å².